The van der Waals surface area contributed by atoms with Crippen molar-refractivity contribution in [1.82, 2.24) is 0 Å². The van der Waals surface area contributed by atoms with Crippen molar-refractivity contribution < 1.29 is 18.7 Å². The van der Waals surface area contributed by atoms with Gasteiger partial charge in [0.25, 0.3) is 0 Å². The van der Waals surface area contributed by atoms with Crippen LogP contribution in [-0.4, -0.2) is 16.3 Å². The predicted molar refractivity (Wildman–Crippen MR) is 66.6 cm³/mol. The van der Waals surface area contributed by atoms with E-state index in [2.05, 4.69) is 0 Å². The van der Waals surface area contributed by atoms with Gasteiger partial charge >= 0.3 is 5.97 Å². The van der Waals surface area contributed by atoms with E-state index in [1.807, 2.05) is 0 Å². The molecule has 0 unspecified atom stereocenters. The molecule has 0 saturated heterocycles. The van der Waals surface area contributed by atoms with Gasteiger partial charge in [-0.05, 0) is 30.5 Å². The molecule has 1 aromatic carbocycles. The number of carboxylic acids is 1. The number of halogens is 2. The van der Waals surface area contributed by atoms with Crippen LogP contribution in [0, 0.1) is 11.6 Å². The van der Waals surface area contributed by atoms with E-state index < -0.39 is 22.9 Å². The summed E-state index contributed by atoms with van der Waals surface area (Å²) in [6.45, 7) is 0. The summed E-state index contributed by atoms with van der Waals surface area (Å²) in [5.74, 6) is -2.95. The van der Waals surface area contributed by atoms with Crippen molar-refractivity contribution in [2.75, 3.05) is 0 Å². The van der Waals surface area contributed by atoms with Gasteiger partial charge in [0.2, 0.25) is 0 Å². The van der Waals surface area contributed by atoms with Crippen LogP contribution in [0.3, 0.4) is 0 Å². The fraction of sp³-hybridized carbons (Fsp3) is 0.462. The molecule has 0 aliphatic heterocycles. The maximum atomic E-state index is 13.1. The van der Waals surface area contributed by atoms with E-state index in [0.29, 0.717) is 10.8 Å². The molecule has 1 saturated carbocycles. The number of carboxylic acid groups (broad SMARTS) is 1. The monoisotopic (exact) mass is 272 g/mol. The number of hydrogen-bond acceptors (Lipinski definition) is 2. The second-order valence-electron chi connectivity index (χ2n) is 4.43. The average molecular weight is 272 g/mol. The summed E-state index contributed by atoms with van der Waals surface area (Å²) in [6.07, 6.45) is 4.22. The molecular formula is C13H14F2O2S. The highest BCUT2D eigenvalue weighted by Crippen LogP contribution is 2.39. The molecule has 5 heteroatoms. The lowest BCUT2D eigenvalue weighted by atomic mass is 10.1. The third-order valence-electron chi connectivity index (χ3n) is 3.10. The van der Waals surface area contributed by atoms with E-state index in [4.69, 9.17) is 0 Å². The molecule has 2 rings (SSSR count). The van der Waals surface area contributed by atoms with Crippen LogP contribution in [0.1, 0.15) is 36.5 Å². The molecule has 1 atom stereocenters. The van der Waals surface area contributed by atoms with Crippen molar-refractivity contribution in [2.45, 2.75) is 36.2 Å². The number of carbonyl (C=O) groups is 1. The number of aliphatic carboxylic acids is 1. The molecular weight excluding hydrogens is 258 g/mol. The maximum absolute atomic E-state index is 13.1. The first-order valence-corrected chi connectivity index (χ1v) is 6.85. The van der Waals surface area contributed by atoms with Gasteiger partial charge in [-0.1, -0.05) is 18.9 Å². The smallest absolute Gasteiger partial charge is 0.321 e. The van der Waals surface area contributed by atoms with Crippen LogP contribution in [0.25, 0.3) is 0 Å². The Morgan fingerprint density at radius 3 is 2.50 bits per heavy atom. The second-order valence-corrected chi connectivity index (χ2v) is 5.84. The molecule has 18 heavy (non-hydrogen) atoms. The van der Waals surface area contributed by atoms with Crippen LogP contribution in [0.15, 0.2) is 18.2 Å². The lowest BCUT2D eigenvalue weighted by Gasteiger charge is -2.17. The van der Waals surface area contributed by atoms with Crippen LogP contribution in [0.5, 0.6) is 0 Å². The molecule has 0 heterocycles. The molecule has 0 aromatic heterocycles. The summed E-state index contributed by atoms with van der Waals surface area (Å²) < 4.78 is 26.0. The van der Waals surface area contributed by atoms with Crippen LogP contribution in [0.4, 0.5) is 8.78 Å². The largest absolute Gasteiger partial charge is 0.480 e. The Balaban J connectivity index is 2.17. The number of thioether (sulfide) groups is 1. The third-order valence-corrected chi connectivity index (χ3v) is 4.70. The van der Waals surface area contributed by atoms with E-state index in [1.54, 1.807) is 0 Å². The van der Waals surface area contributed by atoms with Crippen molar-refractivity contribution in [3.8, 4) is 0 Å². The normalized spacial score (nSPS) is 17.9. The first-order valence-electron chi connectivity index (χ1n) is 5.91. The van der Waals surface area contributed by atoms with Crippen molar-refractivity contribution >= 4 is 17.7 Å². The highest BCUT2D eigenvalue weighted by molar-refractivity contribution is 8.00. The molecule has 1 N–H and O–H groups in total. The van der Waals surface area contributed by atoms with E-state index in [0.717, 1.165) is 37.8 Å². The Morgan fingerprint density at radius 1 is 1.28 bits per heavy atom. The standard InChI is InChI=1S/C13H14F2O2S/c14-10-6-5-8(7-11(10)15)12(13(16)17)18-9-3-1-2-4-9/h5-7,9,12H,1-4H2,(H,16,17)/t12-/m0/s1. The lowest BCUT2D eigenvalue weighted by molar-refractivity contribution is -0.136. The summed E-state index contributed by atoms with van der Waals surface area (Å²) in [5.41, 5.74) is 0.318. The third kappa shape index (κ3) is 3.02. The molecule has 1 aliphatic rings. The quantitative estimate of drug-likeness (QED) is 0.906. The van der Waals surface area contributed by atoms with Gasteiger partial charge in [0, 0.05) is 5.25 Å². The Bertz CT molecular complexity index is 445. The first kappa shape index (κ1) is 13.3. The van der Waals surface area contributed by atoms with Gasteiger partial charge in [-0.3, -0.25) is 4.79 Å². The van der Waals surface area contributed by atoms with E-state index in [1.165, 1.54) is 17.8 Å². The minimum absolute atomic E-state index is 0.305. The van der Waals surface area contributed by atoms with Crippen molar-refractivity contribution in [1.29, 1.82) is 0 Å². The van der Waals surface area contributed by atoms with E-state index >= 15 is 0 Å². The summed E-state index contributed by atoms with van der Waals surface area (Å²) >= 11 is 1.34. The van der Waals surface area contributed by atoms with Gasteiger partial charge < -0.3 is 5.11 Å². The molecule has 0 amide bonds. The second kappa shape index (κ2) is 5.69. The van der Waals surface area contributed by atoms with Gasteiger partial charge in [-0.15, -0.1) is 11.8 Å². The summed E-state index contributed by atoms with van der Waals surface area (Å²) in [4.78, 5) is 11.2. The zero-order chi connectivity index (χ0) is 13.1. The molecule has 1 aliphatic carbocycles. The number of hydrogen-bond donors (Lipinski definition) is 1. The Kier molecular flexibility index (Phi) is 4.22. The fourth-order valence-corrected chi connectivity index (χ4v) is 3.58. The van der Waals surface area contributed by atoms with Gasteiger partial charge in [0.05, 0.1) is 0 Å². The lowest BCUT2D eigenvalue weighted by Crippen LogP contribution is -2.12. The first-order chi connectivity index (χ1) is 8.58. The van der Waals surface area contributed by atoms with Crippen LogP contribution in [0.2, 0.25) is 0 Å². The molecule has 1 aromatic rings. The molecule has 0 bridgehead atoms. The van der Waals surface area contributed by atoms with E-state index in [9.17, 15) is 18.7 Å². The molecule has 0 radical (unpaired) electrons. The summed E-state index contributed by atoms with van der Waals surface area (Å²) in [7, 11) is 0. The predicted octanol–water partition coefficient (Wildman–Crippen LogP) is 3.77. The zero-order valence-electron chi connectivity index (χ0n) is 9.73. The Labute approximate surface area is 108 Å². The minimum Gasteiger partial charge on any atom is -0.480 e. The highest BCUT2D eigenvalue weighted by atomic mass is 32.2. The van der Waals surface area contributed by atoms with E-state index in [-0.39, 0.29) is 0 Å². The number of rotatable bonds is 4. The van der Waals surface area contributed by atoms with Crippen molar-refractivity contribution in [3.05, 3.63) is 35.4 Å². The maximum Gasteiger partial charge on any atom is 0.321 e. The van der Waals surface area contributed by atoms with Crippen molar-refractivity contribution in [2.24, 2.45) is 0 Å². The van der Waals surface area contributed by atoms with Crippen LogP contribution < -0.4 is 0 Å². The minimum atomic E-state index is -1.00. The van der Waals surface area contributed by atoms with Gasteiger partial charge in [0.15, 0.2) is 11.6 Å². The molecule has 0 spiro atoms. The topological polar surface area (TPSA) is 37.3 Å². The van der Waals surface area contributed by atoms with Crippen LogP contribution >= 0.6 is 11.8 Å². The highest BCUT2D eigenvalue weighted by Gasteiger charge is 2.27. The molecule has 98 valence electrons. The van der Waals surface area contributed by atoms with Crippen molar-refractivity contribution in [3.63, 3.8) is 0 Å². The van der Waals surface area contributed by atoms with Crippen LogP contribution in [-0.2, 0) is 4.79 Å². The molecule has 1 fully saturated rings. The van der Waals surface area contributed by atoms with Gasteiger partial charge in [-0.2, -0.15) is 0 Å². The Hall–Kier alpha value is -1.10. The number of benzene rings is 1. The fourth-order valence-electron chi connectivity index (χ4n) is 2.17. The zero-order valence-corrected chi connectivity index (χ0v) is 10.6. The SMILES string of the molecule is O=C(O)[C@@H](SC1CCCC1)c1ccc(F)c(F)c1. The summed E-state index contributed by atoms with van der Waals surface area (Å²) in [5, 5.41) is 8.70. The summed E-state index contributed by atoms with van der Waals surface area (Å²) in [6, 6.07) is 3.31. The molecule has 2 nitrogen and oxygen atoms in total. The van der Waals surface area contributed by atoms with Gasteiger partial charge in [0.1, 0.15) is 5.25 Å². The average Bonchev–Trinajstić information content (AvgIpc) is 2.82. The Morgan fingerprint density at radius 2 is 1.94 bits per heavy atom. The van der Waals surface area contributed by atoms with Gasteiger partial charge in [-0.25, -0.2) is 8.78 Å².